The van der Waals surface area contributed by atoms with Gasteiger partial charge in [0.05, 0.1) is 11.4 Å². The fraction of sp³-hybridized carbons (Fsp3) is 0.571. The molecule has 1 aliphatic heterocycles. The molecule has 1 fully saturated rings. The van der Waals surface area contributed by atoms with Crippen molar-refractivity contribution in [1.82, 2.24) is 4.31 Å². The van der Waals surface area contributed by atoms with E-state index >= 15 is 0 Å². The van der Waals surface area contributed by atoms with Gasteiger partial charge in [-0.15, -0.1) is 0 Å². The fourth-order valence-electron chi connectivity index (χ4n) is 2.64. The van der Waals surface area contributed by atoms with E-state index in [1.54, 1.807) is 16.4 Å². The Morgan fingerprint density at radius 2 is 2.05 bits per heavy atom. The summed E-state index contributed by atoms with van der Waals surface area (Å²) in [4.78, 5) is 0. The van der Waals surface area contributed by atoms with E-state index in [0.717, 1.165) is 6.42 Å². The van der Waals surface area contributed by atoms with Crippen molar-refractivity contribution in [3.63, 3.8) is 0 Å². The van der Waals surface area contributed by atoms with E-state index in [4.69, 9.17) is 10.5 Å². The molecule has 0 aromatic heterocycles. The van der Waals surface area contributed by atoms with E-state index in [2.05, 4.69) is 6.92 Å². The molecular formula is C14H22N2O3S. The molecule has 1 aromatic carbocycles. The van der Waals surface area contributed by atoms with E-state index < -0.39 is 10.0 Å². The highest BCUT2D eigenvalue weighted by atomic mass is 32.2. The van der Waals surface area contributed by atoms with Crippen LogP contribution in [0.3, 0.4) is 0 Å². The lowest BCUT2D eigenvalue weighted by Crippen LogP contribution is -2.37. The quantitative estimate of drug-likeness (QED) is 0.840. The van der Waals surface area contributed by atoms with Gasteiger partial charge in [0.1, 0.15) is 12.4 Å². The van der Waals surface area contributed by atoms with Crippen molar-refractivity contribution in [3.8, 4) is 5.75 Å². The minimum absolute atomic E-state index is 0.0155. The number of sulfonamides is 1. The third-order valence-corrected chi connectivity index (χ3v) is 5.51. The summed E-state index contributed by atoms with van der Waals surface area (Å²) >= 11 is 0. The van der Waals surface area contributed by atoms with Crippen molar-refractivity contribution < 1.29 is 13.2 Å². The van der Waals surface area contributed by atoms with Crippen molar-refractivity contribution in [3.05, 3.63) is 24.3 Å². The van der Waals surface area contributed by atoms with Crippen LogP contribution in [0.4, 0.5) is 5.69 Å². The van der Waals surface area contributed by atoms with E-state index in [9.17, 15) is 8.42 Å². The van der Waals surface area contributed by atoms with Crippen molar-refractivity contribution >= 4 is 15.7 Å². The molecule has 1 aromatic rings. The molecule has 5 nitrogen and oxygen atoms in total. The first-order chi connectivity index (χ1) is 9.40. The molecule has 2 rings (SSSR count). The Morgan fingerprint density at radius 3 is 2.65 bits per heavy atom. The molecule has 1 saturated heterocycles. The molecule has 20 heavy (non-hydrogen) atoms. The first-order valence-corrected chi connectivity index (χ1v) is 8.48. The summed E-state index contributed by atoms with van der Waals surface area (Å²) in [6, 6.07) is 7.17. The van der Waals surface area contributed by atoms with Crippen LogP contribution in [0.15, 0.2) is 24.3 Å². The Labute approximate surface area is 120 Å². The summed E-state index contributed by atoms with van der Waals surface area (Å²) in [7, 11) is -3.26. The molecule has 0 bridgehead atoms. The highest BCUT2D eigenvalue weighted by Gasteiger charge is 2.34. The molecule has 0 amide bonds. The standard InChI is InChI=1S/C14H22N2O3S/c1-11-9-12(2)16(10-11)20(17,18)8-7-19-14-6-4-3-5-13(14)15/h3-6,11-12H,7-10,15H2,1-2H3. The molecule has 0 spiro atoms. The SMILES string of the molecule is CC1CC(C)N(S(=O)(=O)CCOc2ccccc2N)C1. The van der Waals surface area contributed by atoms with Gasteiger partial charge in [0, 0.05) is 12.6 Å². The van der Waals surface area contributed by atoms with Crippen LogP contribution >= 0.6 is 0 Å². The second kappa shape index (κ2) is 6.01. The third-order valence-electron chi connectivity index (χ3n) is 3.60. The number of nitrogens with zero attached hydrogens (tertiary/aromatic N) is 1. The molecule has 0 saturated carbocycles. The van der Waals surface area contributed by atoms with E-state index in [-0.39, 0.29) is 18.4 Å². The largest absolute Gasteiger partial charge is 0.490 e. The lowest BCUT2D eigenvalue weighted by molar-refractivity contribution is 0.334. The zero-order valence-electron chi connectivity index (χ0n) is 12.0. The average molecular weight is 298 g/mol. The van der Waals surface area contributed by atoms with Gasteiger partial charge in [-0.05, 0) is 31.4 Å². The molecule has 2 unspecified atom stereocenters. The van der Waals surface area contributed by atoms with Crippen molar-refractivity contribution in [1.29, 1.82) is 0 Å². The summed E-state index contributed by atoms with van der Waals surface area (Å²) in [5, 5.41) is 0. The summed E-state index contributed by atoms with van der Waals surface area (Å²) in [6.45, 7) is 4.76. The van der Waals surface area contributed by atoms with Gasteiger partial charge in [-0.3, -0.25) is 0 Å². The first kappa shape index (κ1) is 15.1. The summed E-state index contributed by atoms with van der Waals surface area (Å²) < 4.78 is 31.6. The van der Waals surface area contributed by atoms with Crippen LogP contribution in [0.2, 0.25) is 0 Å². The van der Waals surface area contributed by atoms with Gasteiger partial charge in [-0.2, -0.15) is 4.31 Å². The summed E-state index contributed by atoms with van der Waals surface area (Å²) in [5.74, 6) is 0.939. The first-order valence-electron chi connectivity index (χ1n) is 6.87. The summed E-state index contributed by atoms with van der Waals surface area (Å²) in [5.41, 5.74) is 6.27. The maximum absolute atomic E-state index is 12.3. The summed E-state index contributed by atoms with van der Waals surface area (Å²) in [6.07, 6.45) is 0.922. The number of hydrogen-bond acceptors (Lipinski definition) is 4. The number of hydrogen-bond donors (Lipinski definition) is 1. The maximum atomic E-state index is 12.3. The number of ether oxygens (including phenoxy) is 1. The zero-order chi connectivity index (χ0) is 14.8. The predicted molar refractivity (Wildman–Crippen MR) is 80.1 cm³/mol. The molecule has 0 radical (unpaired) electrons. The second-order valence-electron chi connectivity index (χ2n) is 5.46. The van der Waals surface area contributed by atoms with Gasteiger partial charge in [0.2, 0.25) is 10.0 Å². The van der Waals surface area contributed by atoms with Crippen LogP contribution in [-0.4, -0.2) is 37.7 Å². The highest BCUT2D eigenvalue weighted by molar-refractivity contribution is 7.89. The highest BCUT2D eigenvalue weighted by Crippen LogP contribution is 2.26. The average Bonchev–Trinajstić information content (AvgIpc) is 2.72. The predicted octanol–water partition coefficient (Wildman–Crippen LogP) is 1.71. The maximum Gasteiger partial charge on any atom is 0.217 e. The van der Waals surface area contributed by atoms with E-state index in [1.165, 1.54) is 0 Å². The molecule has 0 aliphatic carbocycles. The number of nitrogens with two attached hydrogens (primary N) is 1. The number of anilines is 1. The van der Waals surface area contributed by atoms with Crippen LogP contribution in [0.5, 0.6) is 5.75 Å². The van der Waals surface area contributed by atoms with Gasteiger partial charge in [-0.1, -0.05) is 19.1 Å². The smallest absolute Gasteiger partial charge is 0.217 e. The Balaban J connectivity index is 1.92. The number of nitrogen functional groups attached to an aromatic ring is 1. The normalized spacial score (nSPS) is 23.9. The van der Waals surface area contributed by atoms with Gasteiger partial charge >= 0.3 is 0 Å². The topological polar surface area (TPSA) is 72.6 Å². The molecule has 6 heteroatoms. The van der Waals surface area contributed by atoms with Crippen LogP contribution in [0.1, 0.15) is 20.3 Å². The van der Waals surface area contributed by atoms with Gasteiger partial charge < -0.3 is 10.5 Å². The fourth-order valence-corrected chi connectivity index (χ4v) is 4.28. The van der Waals surface area contributed by atoms with Crippen LogP contribution in [0, 0.1) is 5.92 Å². The lowest BCUT2D eigenvalue weighted by Gasteiger charge is -2.21. The number of benzene rings is 1. The molecule has 1 aliphatic rings. The molecule has 1 heterocycles. The van der Waals surface area contributed by atoms with E-state index in [0.29, 0.717) is 23.9 Å². The van der Waals surface area contributed by atoms with Crippen LogP contribution in [-0.2, 0) is 10.0 Å². The molecule has 2 atom stereocenters. The Kier molecular flexibility index (Phi) is 4.55. The number of rotatable bonds is 5. The minimum atomic E-state index is -3.26. The lowest BCUT2D eigenvalue weighted by atomic mass is 10.1. The van der Waals surface area contributed by atoms with Gasteiger partial charge in [-0.25, -0.2) is 8.42 Å². The van der Waals surface area contributed by atoms with E-state index in [1.807, 2.05) is 19.1 Å². The van der Waals surface area contributed by atoms with Crippen LogP contribution in [0.25, 0.3) is 0 Å². The second-order valence-corrected chi connectivity index (χ2v) is 7.50. The third kappa shape index (κ3) is 3.43. The van der Waals surface area contributed by atoms with Crippen molar-refractivity contribution in [2.24, 2.45) is 5.92 Å². The number of para-hydroxylation sites is 2. The van der Waals surface area contributed by atoms with Gasteiger partial charge in [0.25, 0.3) is 0 Å². The van der Waals surface area contributed by atoms with Gasteiger partial charge in [0.15, 0.2) is 0 Å². The van der Waals surface area contributed by atoms with Crippen molar-refractivity contribution in [2.75, 3.05) is 24.6 Å². The Bertz CT molecular complexity index is 559. The van der Waals surface area contributed by atoms with Crippen molar-refractivity contribution in [2.45, 2.75) is 26.3 Å². The zero-order valence-corrected chi connectivity index (χ0v) is 12.8. The molecule has 112 valence electrons. The Morgan fingerprint density at radius 1 is 1.35 bits per heavy atom. The molecule has 2 N–H and O–H groups in total. The molecular weight excluding hydrogens is 276 g/mol. The minimum Gasteiger partial charge on any atom is -0.490 e. The van der Waals surface area contributed by atoms with Crippen LogP contribution < -0.4 is 10.5 Å². The Hall–Kier alpha value is -1.27. The monoisotopic (exact) mass is 298 g/mol.